The number of carbonyl (C=O) groups excluding carboxylic acids is 2. The molecule has 0 atom stereocenters. The molecule has 3 aromatic rings. The molecule has 1 saturated heterocycles. The highest BCUT2D eigenvalue weighted by atomic mass is 16.5. The van der Waals surface area contributed by atoms with Crippen molar-refractivity contribution < 1.29 is 24.2 Å². The minimum Gasteiger partial charge on any atom is -0.507 e. The number of nitrogens with zero attached hydrogens (tertiary/aromatic N) is 2. The maximum atomic E-state index is 12.9. The quantitative estimate of drug-likeness (QED) is 0.432. The van der Waals surface area contributed by atoms with Crippen LogP contribution in [0.4, 0.5) is 0 Å². The molecular formula is C26H27N3O5. The molecule has 3 aromatic carbocycles. The maximum Gasteiger partial charge on any atom is 0.253 e. The first-order valence-electron chi connectivity index (χ1n) is 11.1. The van der Waals surface area contributed by atoms with E-state index in [-0.39, 0.29) is 23.5 Å². The predicted molar refractivity (Wildman–Crippen MR) is 130 cm³/mol. The summed E-state index contributed by atoms with van der Waals surface area (Å²) in [6.07, 6.45) is 2.55. The third kappa shape index (κ3) is 4.80. The van der Waals surface area contributed by atoms with Gasteiger partial charge in [-0.05, 0) is 47.9 Å². The molecule has 0 spiro atoms. The van der Waals surface area contributed by atoms with E-state index in [9.17, 15) is 14.7 Å². The fourth-order valence-corrected chi connectivity index (χ4v) is 4.17. The number of fused-ring (bicyclic) bond motifs is 1. The van der Waals surface area contributed by atoms with Crippen LogP contribution in [0.5, 0.6) is 17.2 Å². The van der Waals surface area contributed by atoms with Gasteiger partial charge in [-0.15, -0.1) is 0 Å². The number of phenols is 1. The number of hydrogen-bond acceptors (Lipinski definition) is 6. The summed E-state index contributed by atoms with van der Waals surface area (Å²) in [7, 11) is 3.07. The second-order valence-electron chi connectivity index (χ2n) is 8.09. The zero-order valence-corrected chi connectivity index (χ0v) is 19.2. The van der Waals surface area contributed by atoms with Gasteiger partial charge < -0.3 is 19.5 Å². The van der Waals surface area contributed by atoms with Gasteiger partial charge >= 0.3 is 0 Å². The number of ether oxygens (including phenoxy) is 2. The summed E-state index contributed by atoms with van der Waals surface area (Å²) in [5.41, 5.74) is 3.65. The van der Waals surface area contributed by atoms with Crippen molar-refractivity contribution in [2.24, 2.45) is 11.0 Å². The topological polar surface area (TPSA) is 100 Å². The van der Waals surface area contributed by atoms with Crippen LogP contribution >= 0.6 is 0 Å². The first-order chi connectivity index (χ1) is 16.5. The maximum absolute atomic E-state index is 12.9. The highest BCUT2D eigenvalue weighted by molar-refractivity contribution is 6.02. The second kappa shape index (κ2) is 10.2. The first kappa shape index (κ1) is 23.1. The van der Waals surface area contributed by atoms with E-state index >= 15 is 0 Å². The van der Waals surface area contributed by atoms with Crippen LogP contribution in [0.15, 0.2) is 59.7 Å². The van der Waals surface area contributed by atoms with Gasteiger partial charge in [-0.3, -0.25) is 9.59 Å². The number of nitrogens with one attached hydrogen (secondary N) is 1. The normalized spacial score (nSPS) is 14.4. The van der Waals surface area contributed by atoms with Crippen molar-refractivity contribution in [3.05, 3.63) is 65.7 Å². The lowest BCUT2D eigenvalue weighted by atomic mass is 9.95. The minimum atomic E-state index is -0.243. The Hall–Kier alpha value is -4.07. The molecule has 4 rings (SSSR count). The molecular weight excluding hydrogens is 434 g/mol. The number of methoxy groups -OCH3 is 2. The zero-order chi connectivity index (χ0) is 24.1. The molecule has 2 amide bonds. The van der Waals surface area contributed by atoms with Crippen molar-refractivity contribution in [3.63, 3.8) is 0 Å². The summed E-state index contributed by atoms with van der Waals surface area (Å²) in [5, 5.41) is 16.1. The smallest absolute Gasteiger partial charge is 0.253 e. The van der Waals surface area contributed by atoms with Crippen molar-refractivity contribution in [1.82, 2.24) is 10.3 Å². The van der Waals surface area contributed by atoms with E-state index in [0.717, 1.165) is 10.8 Å². The monoisotopic (exact) mass is 461 g/mol. The second-order valence-corrected chi connectivity index (χ2v) is 8.09. The summed E-state index contributed by atoms with van der Waals surface area (Å²) < 4.78 is 10.5. The Bertz CT molecular complexity index is 1230. The van der Waals surface area contributed by atoms with Crippen LogP contribution in [0, 0.1) is 5.92 Å². The number of aromatic hydroxyl groups is 1. The van der Waals surface area contributed by atoms with Crippen LogP contribution < -0.4 is 14.9 Å². The molecule has 0 aromatic heterocycles. The number of rotatable bonds is 6. The van der Waals surface area contributed by atoms with Gasteiger partial charge in [-0.25, -0.2) is 5.43 Å². The molecule has 1 aliphatic rings. The number of likely N-dealkylation sites (tertiary alicyclic amines) is 1. The third-order valence-corrected chi connectivity index (χ3v) is 6.10. The Morgan fingerprint density at radius 2 is 1.76 bits per heavy atom. The van der Waals surface area contributed by atoms with E-state index in [2.05, 4.69) is 10.5 Å². The molecule has 34 heavy (non-hydrogen) atoms. The number of carbonyl (C=O) groups is 2. The Labute approximate surface area is 197 Å². The van der Waals surface area contributed by atoms with Crippen molar-refractivity contribution in [3.8, 4) is 17.2 Å². The van der Waals surface area contributed by atoms with E-state index in [1.807, 2.05) is 30.3 Å². The molecule has 1 aliphatic heterocycles. The van der Waals surface area contributed by atoms with E-state index < -0.39 is 0 Å². The summed E-state index contributed by atoms with van der Waals surface area (Å²) in [4.78, 5) is 27.2. The van der Waals surface area contributed by atoms with Crippen LogP contribution in [0.2, 0.25) is 0 Å². The van der Waals surface area contributed by atoms with Gasteiger partial charge in [0.25, 0.3) is 5.91 Å². The van der Waals surface area contributed by atoms with Crippen molar-refractivity contribution in [2.75, 3.05) is 27.3 Å². The third-order valence-electron chi connectivity index (χ3n) is 6.10. The van der Waals surface area contributed by atoms with E-state index in [0.29, 0.717) is 48.6 Å². The Morgan fingerprint density at radius 3 is 2.50 bits per heavy atom. The fraction of sp³-hybridized carbons (Fsp3) is 0.269. The van der Waals surface area contributed by atoms with Gasteiger partial charge in [0.1, 0.15) is 5.75 Å². The number of hydrogen-bond donors (Lipinski definition) is 2. The van der Waals surface area contributed by atoms with Crippen molar-refractivity contribution in [1.29, 1.82) is 0 Å². The first-order valence-corrected chi connectivity index (χ1v) is 11.1. The number of piperidine rings is 1. The Balaban J connectivity index is 1.34. The molecule has 0 unspecified atom stereocenters. The lowest BCUT2D eigenvalue weighted by Crippen LogP contribution is -2.42. The van der Waals surface area contributed by atoms with Gasteiger partial charge in [-0.2, -0.15) is 5.10 Å². The van der Waals surface area contributed by atoms with Crippen molar-refractivity contribution in [2.45, 2.75) is 12.8 Å². The van der Waals surface area contributed by atoms with Crippen LogP contribution in [-0.4, -0.2) is 55.3 Å². The summed E-state index contributed by atoms with van der Waals surface area (Å²) in [6.45, 7) is 0.943. The molecule has 0 bridgehead atoms. The number of phenolic OH excluding ortho intramolecular Hbond substituents is 1. The average Bonchev–Trinajstić information content (AvgIpc) is 2.89. The Morgan fingerprint density at radius 1 is 1.03 bits per heavy atom. The van der Waals surface area contributed by atoms with E-state index in [1.165, 1.54) is 13.3 Å². The lowest BCUT2D eigenvalue weighted by molar-refractivity contribution is -0.126. The SMILES string of the molecule is COc1ccc(C(=O)N2CCC(C(=O)N/N=C\c3c(O)ccc4ccccc34)CC2)cc1OC. The zero-order valence-electron chi connectivity index (χ0n) is 19.2. The predicted octanol–water partition coefficient (Wildman–Crippen LogP) is 3.57. The molecule has 0 radical (unpaired) electrons. The van der Waals surface area contributed by atoms with Crippen LogP contribution in [0.3, 0.4) is 0 Å². The Kier molecular flexibility index (Phi) is 6.96. The standard InChI is InChI=1S/C26H27N3O5/c1-33-23-10-8-19(15-24(23)34-2)26(32)29-13-11-18(12-14-29)25(31)28-27-16-21-20-6-4-3-5-17(20)7-9-22(21)30/h3-10,15-16,18,30H,11-14H2,1-2H3,(H,28,31)/b27-16-. The molecule has 8 nitrogen and oxygen atoms in total. The summed E-state index contributed by atoms with van der Waals surface area (Å²) in [5.74, 6) is 0.606. The van der Waals surface area contributed by atoms with Crippen LogP contribution in [-0.2, 0) is 4.79 Å². The van der Waals surface area contributed by atoms with E-state index in [4.69, 9.17) is 9.47 Å². The molecule has 1 fully saturated rings. The average molecular weight is 462 g/mol. The van der Waals surface area contributed by atoms with Crippen LogP contribution in [0.25, 0.3) is 10.8 Å². The van der Waals surface area contributed by atoms with Crippen molar-refractivity contribution >= 4 is 28.8 Å². The molecule has 176 valence electrons. The summed E-state index contributed by atoms with van der Waals surface area (Å²) in [6, 6.07) is 16.2. The number of hydrazone groups is 1. The molecule has 8 heteroatoms. The molecule has 0 saturated carbocycles. The van der Waals surface area contributed by atoms with Gasteiger partial charge in [0, 0.05) is 30.1 Å². The molecule has 1 heterocycles. The van der Waals surface area contributed by atoms with Gasteiger partial charge in [0.2, 0.25) is 5.91 Å². The van der Waals surface area contributed by atoms with Gasteiger partial charge in [0.05, 0.1) is 20.4 Å². The van der Waals surface area contributed by atoms with Gasteiger partial charge in [-0.1, -0.05) is 30.3 Å². The molecule has 0 aliphatic carbocycles. The van der Waals surface area contributed by atoms with Gasteiger partial charge in [0.15, 0.2) is 11.5 Å². The van der Waals surface area contributed by atoms with E-state index in [1.54, 1.807) is 36.3 Å². The highest BCUT2D eigenvalue weighted by Crippen LogP contribution is 2.29. The lowest BCUT2D eigenvalue weighted by Gasteiger charge is -2.31. The minimum absolute atomic E-state index is 0.0960. The molecule has 2 N–H and O–H groups in total. The number of amides is 2. The largest absolute Gasteiger partial charge is 0.507 e. The summed E-state index contributed by atoms with van der Waals surface area (Å²) >= 11 is 0. The van der Waals surface area contributed by atoms with Crippen LogP contribution in [0.1, 0.15) is 28.8 Å². The fourth-order valence-electron chi connectivity index (χ4n) is 4.17. The number of benzene rings is 3. The highest BCUT2D eigenvalue weighted by Gasteiger charge is 2.28.